The number of aromatic nitrogens is 2. The average Bonchev–Trinajstić information content (AvgIpc) is 2.15. The molecule has 0 aliphatic heterocycles. The zero-order valence-corrected chi connectivity index (χ0v) is 8.97. The van der Waals surface area contributed by atoms with E-state index in [1.54, 1.807) is 6.92 Å². The van der Waals surface area contributed by atoms with Gasteiger partial charge in [0.05, 0.1) is 6.61 Å². The molecule has 90 valence electrons. The van der Waals surface area contributed by atoms with Crippen molar-refractivity contribution in [1.29, 1.82) is 0 Å². The lowest BCUT2D eigenvalue weighted by atomic mass is 10.3. The lowest BCUT2D eigenvalue weighted by Crippen LogP contribution is -2.21. The zero-order chi connectivity index (χ0) is 12.3. The molecule has 4 nitrogen and oxygen atoms in total. The van der Waals surface area contributed by atoms with Crippen molar-refractivity contribution in [3.05, 3.63) is 17.0 Å². The van der Waals surface area contributed by atoms with Crippen molar-refractivity contribution in [2.24, 2.45) is 0 Å². The summed E-state index contributed by atoms with van der Waals surface area (Å²) in [6.45, 7) is 1.35. The molecule has 1 rings (SSSR count). The number of hydrogen-bond donors (Lipinski definition) is 2. The third-order valence-corrected chi connectivity index (χ3v) is 1.83. The molecule has 0 aromatic carbocycles. The van der Waals surface area contributed by atoms with Gasteiger partial charge in [0, 0.05) is 12.1 Å². The van der Waals surface area contributed by atoms with E-state index in [0.29, 0.717) is 0 Å². The van der Waals surface area contributed by atoms with E-state index in [9.17, 15) is 13.2 Å². The summed E-state index contributed by atoms with van der Waals surface area (Å²) in [6.07, 6.45) is -4.58. The molecule has 0 saturated carbocycles. The van der Waals surface area contributed by atoms with Gasteiger partial charge < -0.3 is 10.4 Å². The Bertz CT molecular complexity index is 372. The van der Waals surface area contributed by atoms with E-state index in [-0.39, 0.29) is 12.4 Å². The van der Waals surface area contributed by atoms with E-state index < -0.39 is 23.2 Å². The van der Waals surface area contributed by atoms with Gasteiger partial charge in [0.25, 0.3) is 0 Å². The van der Waals surface area contributed by atoms with Crippen LogP contribution in [0, 0.1) is 0 Å². The highest BCUT2D eigenvalue weighted by atomic mass is 35.5. The van der Waals surface area contributed by atoms with Crippen LogP contribution in [0.1, 0.15) is 12.6 Å². The molecule has 16 heavy (non-hydrogen) atoms. The van der Waals surface area contributed by atoms with E-state index in [0.717, 1.165) is 6.07 Å². The molecule has 2 N–H and O–H groups in total. The number of hydrogen-bond acceptors (Lipinski definition) is 4. The minimum Gasteiger partial charge on any atom is -0.394 e. The molecule has 0 bridgehead atoms. The van der Waals surface area contributed by atoms with Gasteiger partial charge in [-0.05, 0) is 18.5 Å². The number of nitrogens with zero attached hydrogens (tertiary/aromatic N) is 2. The highest BCUT2D eigenvalue weighted by Gasteiger charge is 2.33. The summed E-state index contributed by atoms with van der Waals surface area (Å²) >= 11 is 5.36. The summed E-state index contributed by atoms with van der Waals surface area (Å²) in [5.41, 5.74) is -1.12. The lowest BCUT2D eigenvalue weighted by Gasteiger charge is -2.13. The maximum Gasteiger partial charge on any atom is 0.433 e. The summed E-state index contributed by atoms with van der Waals surface area (Å²) in [5.74, 6) is -0.0751. The predicted octanol–water partition coefficient (Wildman–Crippen LogP) is 1.94. The second-order valence-corrected chi connectivity index (χ2v) is 3.47. The Morgan fingerprint density at radius 1 is 1.50 bits per heavy atom. The van der Waals surface area contributed by atoms with E-state index in [4.69, 9.17) is 16.7 Å². The fourth-order valence-electron chi connectivity index (χ4n) is 0.935. The van der Waals surface area contributed by atoms with Crippen molar-refractivity contribution in [2.75, 3.05) is 11.9 Å². The topological polar surface area (TPSA) is 58.0 Å². The smallest absolute Gasteiger partial charge is 0.394 e. The molecule has 0 amide bonds. The van der Waals surface area contributed by atoms with Crippen LogP contribution in [0.3, 0.4) is 0 Å². The Kier molecular flexibility index (Phi) is 3.93. The van der Waals surface area contributed by atoms with Gasteiger partial charge in [0.1, 0.15) is 5.82 Å². The molecule has 1 unspecified atom stereocenters. The van der Waals surface area contributed by atoms with Crippen molar-refractivity contribution < 1.29 is 18.3 Å². The Hall–Kier alpha value is -1.08. The second kappa shape index (κ2) is 4.84. The summed E-state index contributed by atoms with van der Waals surface area (Å²) in [7, 11) is 0. The fourth-order valence-corrected chi connectivity index (χ4v) is 1.12. The zero-order valence-electron chi connectivity index (χ0n) is 8.22. The first-order chi connectivity index (χ1) is 7.32. The summed E-state index contributed by atoms with van der Waals surface area (Å²) in [5, 5.41) is 10.8. The lowest BCUT2D eigenvalue weighted by molar-refractivity contribution is -0.141. The predicted molar refractivity (Wildman–Crippen MR) is 52.2 cm³/mol. The van der Waals surface area contributed by atoms with Crippen LogP contribution >= 0.6 is 11.6 Å². The van der Waals surface area contributed by atoms with Crippen LogP contribution in [0.5, 0.6) is 0 Å². The Morgan fingerprint density at radius 2 is 2.12 bits per heavy atom. The average molecular weight is 256 g/mol. The van der Waals surface area contributed by atoms with Crippen LogP contribution < -0.4 is 5.32 Å². The van der Waals surface area contributed by atoms with Crippen LogP contribution in [0.15, 0.2) is 6.07 Å². The maximum absolute atomic E-state index is 12.3. The summed E-state index contributed by atoms with van der Waals surface area (Å²) in [4.78, 5) is 6.63. The number of alkyl halides is 3. The Balaban J connectivity index is 2.99. The number of aliphatic hydroxyl groups excluding tert-OH is 1. The van der Waals surface area contributed by atoms with Crippen molar-refractivity contribution in [2.45, 2.75) is 19.1 Å². The van der Waals surface area contributed by atoms with Gasteiger partial charge in [0.2, 0.25) is 5.28 Å². The summed E-state index contributed by atoms with van der Waals surface area (Å²) in [6, 6.07) is 0.310. The van der Waals surface area contributed by atoms with E-state index in [1.165, 1.54) is 0 Å². The quantitative estimate of drug-likeness (QED) is 0.811. The van der Waals surface area contributed by atoms with Gasteiger partial charge in [0.15, 0.2) is 5.69 Å². The molecular formula is C8H9ClF3N3O. The standard InChI is InChI=1S/C8H9ClF3N3O/c1-4(3-16)13-6-2-5(8(10,11)12)14-7(9)15-6/h2,4,16H,3H2,1H3,(H,13,14,15). The number of anilines is 1. The number of rotatable bonds is 3. The van der Waals surface area contributed by atoms with Crippen LogP contribution in [-0.4, -0.2) is 27.7 Å². The minimum atomic E-state index is -4.58. The van der Waals surface area contributed by atoms with Gasteiger partial charge in [-0.1, -0.05) is 0 Å². The summed E-state index contributed by atoms with van der Waals surface area (Å²) < 4.78 is 37.0. The first-order valence-electron chi connectivity index (χ1n) is 4.32. The number of halogens is 4. The van der Waals surface area contributed by atoms with Crippen molar-refractivity contribution in [3.8, 4) is 0 Å². The van der Waals surface area contributed by atoms with Gasteiger partial charge >= 0.3 is 6.18 Å². The molecule has 8 heteroatoms. The first-order valence-corrected chi connectivity index (χ1v) is 4.70. The highest BCUT2D eigenvalue weighted by molar-refractivity contribution is 6.28. The molecule has 1 aromatic heterocycles. The fraction of sp³-hybridized carbons (Fsp3) is 0.500. The molecule has 1 heterocycles. The maximum atomic E-state index is 12.3. The number of aliphatic hydroxyl groups is 1. The van der Waals surface area contributed by atoms with Gasteiger partial charge in [-0.25, -0.2) is 9.97 Å². The van der Waals surface area contributed by atoms with E-state index in [1.807, 2.05) is 0 Å². The second-order valence-electron chi connectivity index (χ2n) is 3.13. The van der Waals surface area contributed by atoms with Gasteiger partial charge in [-0.15, -0.1) is 0 Å². The molecule has 1 atom stereocenters. The normalized spacial score (nSPS) is 13.6. The van der Waals surface area contributed by atoms with Crippen molar-refractivity contribution >= 4 is 17.4 Å². The van der Waals surface area contributed by atoms with Crippen molar-refractivity contribution in [3.63, 3.8) is 0 Å². The SMILES string of the molecule is CC(CO)Nc1cc(C(F)(F)F)nc(Cl)n1. The van der Waals surface area contributed by atoms with Crippen molar-refractivity contribution in [1.82, 2.24) is 9.97 Å². The Labute approximate surface area is 94.5 Å². The highest BCUT2D eigenvalue weighted by Crippen LogP contribution is 2.29. The van der Waals surface area contributed by atoms with E-state index >= 15 is 0 Å². The molecule has 0 aliphatic rings. The third kappa shape index (κ3) is 3.49. The largest absolute Gasteiger partial charge is 0.433 e. The molecular weight excluding hydrogens is 247 g/mol. The number of nitrogens with one attached hydrogen (secondary N) is 1. The molecule has 0 radical (unpaired) electrons. The van der Waals surface area contributed by atoms with Crippen LogP contribution in [0.25, 0.3) is 0 Å². The molecule has 1 aromatic rings. The monoisotopic (exact) mass is 255 g/mol. The Morgan fingerprint density at radius 3 is 2.62 bits per heavy atom. The molecule has 0 saturated heterocycles. The van der Waals surface area contributed by atoms with Crippen LogP contribution in [0.4, 0.5) is 19.0 Å². The third-order valence-electron chi connectivity index (χ3n) is 1.66. The first kappa shape index (κ1) is 13.0. The van der Waals surface area contributed by atoms with Crippen LogP contribution in [-0.2, 0) is 6.18 Å². The molecule has 0 fully saturated rings. The van der Waals surface area contributed by atoms with Gasteiger partial charge in [-0.3, -0.25) is 0 Å². The van der Waals surface area contributed by atoms with Gasteiger partial charge in [-0.2, -0.15) is 13.2 Å². The molecule has 0 aliphatic carbocycles. The molecule has 0 spiro atoms. The van der Waals surface area contributed by atoms with E-state index in [2.05, 4.69) is 15.3 Å². The van der Waals surface area contributed by atoms with Crippen LogP contribution in [0.2, 0.25) is 5.28 Å². The minimum absolute atomic E-state index is 0.0751.